The number of hydrogen-bond donors (Lipinski definition) is 2. The largest absolute Gasteiger partial charge is 0.493 e. The minimum Gasteiger partial charge on any atom is -0.493 e. The van der Waals surface area contributed by atoms with Gasteiger partial charge in [0.05, 0.1) is 18.9 Å². The minimum absolute atomic E-state index is 0.497. The minimum atomic E-state index is -0.644. The van der Waals surface area contributed by atoms with Crippen molar-refractivity contribution in [3.05, 3.63) is 66.7 Å². The van der Waals surface area contributed by atoms with Gasteiger partial charge in [-0.25, -0.2) is 9.10 Å². The maximum Gasteiger partial charge on any atom is 0.329 e. The van der Waals surface area contributed by atoms with Crippen LogP contribution in [-0.4, -0.2) is 19.2 Å². The quantitative estimate of drug-likeness (QED) is 0.479. The average Bonchev–Trinajstić information content (AvgIpc) is 2.67. The summed E-state index contributed by atoms with van der Waals surface area (Å²) in [5, 5.41) is 2.26. The Morgan fingerprint density at radius 2 is 1.69 bits per heavy atom. The molecule has 0 spiro atoms. The van der Waals surface area contributed by atoms with Crippen molar-refractivity contribution in [3.8, 4) is 11.5 Å². The number of nitrogens with two attached hydrogens (primary N) is 1. The van der Waals surface area contributed by atoms with Gasteiger partial charge in [-0.2, -0.15) is 0 Å². The Labute approximate surface area is 157 Å². The van der Waals surface area contributed by atoms with Crippen molar-refractivity contribution in [2.24, 2.45) is 5.73 Å². The molecule has 26 heavy (non-hydrogen) atoms. The van der Waals surface area contributed by atoms with Gasteiger partial charge in [0.15, 0.2) is 0 Å². The summed E-state index contributed by atoms with van der Waals surface area (Å²) in [6.45, 7) is 1.05. The molecular weight excluding hydrogens is 348 g/mol. The molecule has 0 bridgehead atoms. The lowest BCUT2D eigenvalue weighted by molar-refractivity contribution is 0.249. The second-order valence-corrected chi connectivity index (χ2v) is 6.08. The standard InChI is InChI=1S/C20H20N2O3S/c21-20(23)22(26)16-8-4-9-17(14-16)24-12-5-13-25-19-11-3-7-15-6-1-2-10-18(15)19/h1-4,6-11,14,26H,5,12-13H2,(H2,21,23). The lowest BCUT2D eigenvalue weighted by atomic mass is 10.1. The van der Waals surface area contributed by atoms with Crippen LogP contribution in [0.15, 0.2) is 66.7 Å². The van der Waals surface area contributed by atoms with E-state index in [1.165, 1.54) is 0 Å². The monoisotopic (exact) mass is 368 g/mol. The number of nitrogens with zero attached hydrogens (tertiary/aromatic N) is 1. The van der Waals surface area contributed by atoms with E-state index < -0.39 is 6.03 Å². The van der Waals surface area contributed by atoms with Crippen molar-refractivity contribution in [1.82, 2.24) is 0 Å². The van der Waals surface area contributed by atoms with Crippen LogP contribution in [0.25, 0.3) is 10.8 Å². The smallest absolute Gasteiger partial charge is 0.329 e. The zero-order chi connectivity index (χ0) is 18.4. The highest BCUT2D eigenvalue weighted by molar-refractivity contribution is 7.82. The van der Waals surface area contributed by atoms with Crippen molar-refractivity contribution >= 4 is 35.3 Å². The average molecular weight is 368 g/mol. The molecule has 2 N–H and O–H groups in total. The Morgan fingerprint density at radius 3 is 2.54 bits per heavy atom. The van der Waals surface area contributed by atoms with E-state index in [2.05, 4.69) is 31.0 Å². The molecule has 3 aromatic carbocycles. The number of urea groups is 1. The molecule has 0 aliphatic rings. The van der Waals surface area contributed by atoms with Crippen LogP contribution >= 0.6 is 12.8 Å². The fourth-order valence-electron chi connectivity index (χ4n) is 2.58. The molecule has 0 heterocycles. The number of rotatable bonds is 7. The highest BCUT2D eigenvalue weighted by atomic mass is 32.1. The Kier molecular flexibility index (Phi) is 5.86. The number of fused-ring (bicyclic) bond motifs is 1. The summed E-state index contributed by atoms with van der Waals surface area (Å²) in [5.74, 6) is 1.52. The summed E-state index contributed by atoms with van der Waals surface area (Å²) in [7, 11) is 0. The maximum absolute atomic E-state index is 11.2. The first-order valence-corrected chi connectivity index (χ1v) is 8.67. The van der Waals surface area contributed by atoms with E-state index in [1.807, 2.05) is 30.3 Å². The van der Waals surface area contributed by atoms with E-state index in [4.69, 9.17) is 15.2 Å². The SMILES string of the molecule is NC(=O)N(S)c1cccc(OCCCOc2cccc3ccccc23)c1. The van der Waals surface area contributed by atoms with E-state index in [0.717, 1.165) is 27.2 Å². The normalized spacial score (nSPS) is 10.5. The number of ether oxygens (including phenoxy) is 2. The van der Waals surface area contributed by atoms with Crippen LogP contribution in [0.1, 0.15) is 6.42 Å². The van der Waals surface area contributed by atoms with Gasteiger partial charge in [0, 0.05) is 17.9 Å². The number of carbonyl (C=O) groups is 1. The molecule has 3 aromatic rings. The number of carbonyl (C=O) groups excluding carboxylic acids is 1. The summed E-state index contributed by atoms with van der Waals surface area (Å²) in [6.07, 6.45) is 0.730. The Morgan fingerprint density at radius 1 is 0.962 bits per heavy atom. The van der Waals surface area contributed by atoms with E-state index in [0.29, 0.717) is 24.7 Å². The predicted molar refractivity (Wildman–Crippen MR) is 107 cm³/mol. The number of primary amides is 1. The third kappa shape index (κ3) is 4.40. The van der Waals surface area contributed by atoms with E-state index in [-0.39, 0.29) is 0 Å². The first kappa shape index (κ1) is 17.9. The molecule has 3 rings (SSSR count). The lowest BCUT2D eigenvalue weighted by Crippen LogP contribution is -2.27. The number of benzene rings is 3. The number of hydrogen-bond acceptors (Lipinski definition) is 4. The van der Waals surface area contributed by atoms with Crippen molar-refractivity contribution < 1.29 is 14.3 Å². The molecule has 0 fully saturated rings. The number of amides is 2. The molecule has 0 aliphatic heterocycles. The topological polar surface area (TPSA) is 64.8 Å². The fourth-order valence-corrected chi connectivity index (χ4v) is 2.71. The van der Waals surface area contributed by atoms with E-state index in [1.54, 1.807) is 18.2 Å². The van der Waals surface area contributed by atoms with Gasteiger partial charge < -0.3 is 15.2 Å². The highest BCUT2D eigenvalue weighted by Crippen LogP contribution is 2.25. The molecule has 134 valence electrons. The molecule has 5 nitrogen and oxygen atoms in total. The molecule has 6 heteroatoms. The lowest BCUT2D eigenvalue weighted by Gasteiger charge is -2.14. The van der Waals surface area contributed by atoms with Gasteiger partial charge in [-0.15, -0.1) is 0 Å². The van der Waals surface area contributed by atoms with Gasteiger partial charge in [-0.05, 0) is 23.6 Å². The van der Waals surface area contributed by atoms with Crippen LogP contribution < -0.4 is 19.5 Å². The summed E-state index contributed by atoms with van der Waals surface area (Å²) in [6, 6.07) is 20.5. The molecule has 0 atom stereocenters. The molecule has 0 saturated carbocycles. The van der Waals surface area contributed by atoms with E-state index in [9.17, 15) is 4.79 Å². The second kappa shape index (κ2) is 8.49. The Bertz CT molecular complexity index is 896. The van der Waals surface area contributed by atoms with Gasteiger partial charge in [0.25, 0.3) is 0 Å². The van der Waals surface area contributed by atoms with Crippen LogP contribution in [0.3, 0.4) is 0 Å². The highest BCUT2D eigenvalue weighted by Gasteiger charge is 2.08. The van der Waals surface area contributed by atoms with Crippen LogP contribution in [0, 0.1) is 0 Å². The third-order valence-electron chi connectivity index (χ3n) is 3.84. The number of anilines is 1. The first-order chi connectivity index (χ1) is 12.6. The fraction of sp³-hybridized carbons (Fsp3) is 0.150. The first-order valence-electron chi connectivity index (χ1n) is 8.27. The van der Waals surface area contributed by atoms with Gasteiger partial charge in [-0.1, -0.05) is 55.3 Å². The van der Waals surface area contributed by atoms with Crippen molar-refractivity contribution in [2.45, 2.75) is 6.42 Å². The summed E-state index contributed by atoms with van der Waals surface area (Å²) >= 11 is 4.04. The summed E-state index contributed by atoms with van der Waals surface area (Å²) < 4.78 is 12.7. The molecule has 0 aliphatic carbocycles. The van der Waals surface area contributed by atoms with Crippen LogP contribution in [0.2, 0.25) is 0 Å². The molecular formula is C20H20N2O3S. The summed E-state index contributed by atoms with van der Waals surface area (Å²) in [4.78, 5) is 11.2. The van der Waals surface area contributed by atoms with Gasteiger partial charge in [-0.3, -0.25) is 0 Å². The molecule has 2 amide bonds. The molecule has 0 saturated heterocycles. The molecule has 0 aromatic heterocycles. The van der Waals surface area contributed by atoms with Crippen molar-refractivity contribution in [1.29, 1.82) is 0 Å². The zero-order valence-corrected chi connectivity index (χ0v) is 15.1. The van der Waals surface area contributed by atoms with Crippen LogP contribution in [0.4, 0.5) is 10.5 Å². The van der Waals surface area contributed by atoms with E-state index >= 15 is 0 Å². The maximum atomic E-state index is 11.2. The zero-order valence-electron chi connectivity index (χ0n) is 14.2. The van der Waals surface area contributed by atoms with Crippen molar-refractivity contribution in [3.63, 3.8) is 0 Å². The Hall–Kier alpha value is -2.86. The predicted octanol–water partition coefficient (Wildman–Crippen LogP) is 4.42. The van der Waals surface area contributed by atoms with Gasteiger partial charge in [0.2, 0.25) is 0 Å². The van der Waals surface area contributed by atoms with Crippen molar-refractivity contribution in [2.75, 3.05) is 17.5 Å². The van der Waals surface area contributed by atoms with Crippen LogP contribution in [0.5, 0.6) is 11.5 Å². The number of thiol groups is 1. The van der Waals surface area contributed by atoms with Gasteiger partial charge >= 0.3 is 6.03 Å². The van der Waals surface area contributed by atoms with Gasteiger partial charge in [0.1, 0.15) is 11.5 Å². The molecule has 0 radical (unpaired) electrons. The Balaban J connectivity index is 1.50. The summed E-state index contributed by atoms with van der Waals surface area (Å²) in [5.41, 5.74) is 5.77. The third-order valence-corrected chi connectivity index (χ3v) is 4.26. The second-order valence-electron chi connectivity index (χ2n) is 5.68. The molecule has 0 unspecified atom stereocenters. The van der Waals surface area contributed by atoms with Crippen LogP contribution in [-0.2, 0) is 0 Å².